The van der Waals surface area contributed by atoms with Gasteiger partial charge in [-0.1, -0.05) is 18.2 Å². The number of hydrogen-bond donors (Lipinski definition) is 0. The number of thiazole rings is 1. The molecule has 0 spiro atoms. The van der Waals surface area contributed by atoms with Crippen LogP contribution in [0.2, 0.25) is 0 Å². The summed E-state index contributed by atoms with van der Waals surface area (Å²) in [4.78, 5) is 21.7. The van der Waals surface area contributed by atoms with Crippen LogP contribution in [-0.4, -0.2) is 23.0 Å². The van der Waals surface area contributed by atoms with Crippen LogP contribution in [0, 0.1) is 6.92 Å². The van der Waals surface area contributed by atoms with Gasteiger partial charge in [-0.3, -0.25) is 4.98 Å². The van der Waals surface area contributed by atoms with Gasteiger partial charge in [0.2, 0.25) is 0 Å². The van der Waals surface area contributed by atoms with Gasteiger partial charge in [-0.05, 0) is 43.3 Å². The van der Waals surface area contributed by atoms with Gasteiger partial charge in [-0.25, -0.2) is 9.78 Å². The Morgan fingerprint density at radius 1 is 1.07 bits per heavy atom. The number of benzene rings is 2. The van der Waals surface area contributed by atoms with Crippen molar-refractivity contribution >= 4 is 28.2 Å². The van der Waals surface area contributed by atoms with E-state index in [-0.39, 0.29) is 12.6 Å². The summed E-state index contributed by atoms with van der Waals surface area (Å²) in [6.45, 7) is 1.99. The van der Waals surface area contributed by atoms with Crippen LogP contribution < -0.4 is 4.74 Å². The fourth-order valence-corrected chi connectivity index (χ4v) is 3.74. The highest BCUT2D eigenvalue weighted by Crippen LogP contribution is 2.26. The summed E-state index contributed by atoms with van der Waals surface area (Å²) in [5.41, 5.74) is 3.80. The number of carbonyl (C=O) groups is 1. The monoisotopic (exact) mass is 390 g/mol. The number of carbonyl (C=O) groups excluding carboxylic acids is 1. The van der Waals surface area contributed by atoms with E-state index in [1.165, 1.54) is 11.3 Å². The van der Waals surface area contributed by atoms with E-state index in [9.17, 15) is 4.79 Å². The lowest BCUT2D eigenvalue weighted by Gasteiger charge is -2.07. The number of fused-ring (bicyclic) bond motifs is 1. The average Bonchev–Trinajstić information content (AvgIpc) is 3.20. The van der Waals surface area contributed by atoms with E-state index in [0.717, 1.165) is 38.6 Å². The van der Waals surface area contributed by atoms with E-state index in [1.807, 2.05) is 60.8 Å². The van der Waals surface area contributed by atoms with E-state index in [2.05, 4.69) is 9.97 Å². The van der Waals surface area contributed by atoms with Crippen LogP contribution in [-0.2, 0) is 11.3 Å². The molecule has 0 saturated heterocycles. The summed E-state index contributed by atoms with van der Waals surface area (Å²) >= 11 is 1.52. The second-order valence-corrected chi connectivity index (χ2v) is 7.14. The molecular formula is C22H18N2O3S. The van der Waals surface area contributed by atoms with Crippen molar-refractivity contribution in [3.8, 4) is 16.3 Å². The van der Waals surface area contributed by atoms with Crippen molar-refractivity contribution < 1.29 is 14.3 Å². The molecule has 0 unspecified atom stereocenters. The minimum atomic E-state index is -0.374. The molecule has 0 bridgehead atoms. The number of esters is 1. The number of aryl methyl sites for hydroxylation is 1. The number of aromatic nitrogens is 2. The molecule has 2 aromatic carbocycles. The standard InChI is InChI=1S/C22H18N2O3S/c1-14-11-19(18-5-3-4-6-20(18)23-14)22(25)27-12-16-13-28-21(24-16)15-7-9-17(26-2)10-8-15/h3-11,13H,12H2,1-2H3. The van der Waals surface area contributed by atoms with Crippen molar-refractivity contribution in [2.45, 2.75) is 13.5 Å². The van der Waals surface area contributed by atoms with Crippen molar-refractivity contribution in [1.82, 2.24) is 9.97 Å². The third-order valence-corrected chi connectivity index (χ3v) is 5.24. The van der Waals surface area contributed by atoms with Gasteiger partial charge in [-0.15, -0.1) is 11.3 Å². The van der Waals surface area contributed by atoms with Crippen LogP contribution in [0.25, 0.3) is 21.5 Å². The van der Waals surface area contributed by atoms with E-state index >= 15 is 0 Å². The summed E-state index contributed by atoms with van der Waals surface area (Å²) in [6, 6.07) is 17.0. The molecule has 4 rings (SSSR count). The minimum absolute atomic E-state index is 0.126. The van der Waals surface area contributed by atoms with Crippen LogP contribution in [0.15, 0.2) is 60.0 Å². The highest BCUT2D eigenvalue weighted by molar-refractivity contribution is 7.13. The Bertz CT molecular complexity index is 1140. The Labute approximate surface area is 166 Å². The van der Waals surface area contributed by atoms with Gasteiger partial charge < -0.3 is 9.47 Å². The number of nitrogens with zero attached hydrogens (tertiary/aromatic N) is 2. The SMILES string of the molecule is COc1ccc(-c2nc(COC(=O)c3cc(C)nc4ccccc34)cs2)cc1. The number of methoxy groups -OCH3 is 1. The molecule has 0 atom stereocenters. The normalized spacial score (nSPS) is 10.8. The highest BCUT2D eigenvalue weighted by Gasteiger charge is 2.14. The maximum atomic E-state index is 12.6. The Morgan fingerprint density at radius 2 is 1.86 bits per heavy atom. The quantitative estimate of drug-likeness (QED) is 0.447. The maximum absolute atomic E-state index is 12.6. The van der Waals surface area contributed by atoms with Gasteiger partial charge in [0.05, 0.1) is 23.9 Å². The van der Waals surface area contributed by atoms with Gasteiger partial charge in [0.25, 0.3) is 0 Å². The Morgan fingerprint density at radius 3 is 2.64 bits per heavy atom. The Kier molecular flexibility index (Phi) is 5.04. The van der Waals surface area contributed by atoms with Gasteiger partial charge >= 0.3 is 5.97 Å². The van der Waals surface area contributed by atoms with Crippen LogP contribution in [0.5, 0.6) is 5.75 Å². The van der Waals surface area contributed by atoms with Crippen molar-refractivity contribution in [2.75, 3.05) is 7.11 Å². The molecule has 0 radical (unpaired) electrons. The van der Waals surface area contributed by atoms with E-state index in [4.69, 9.17) is 9.47 Å². The Balaban J connectivity index is 1.49. The minimum Gasteiger partial charge on any atom is -0.497 e. The lowest BCUT2D eigenvalue weighted by atomic mass is 10.1. The summed E-state index contributed by atoms with van der Waals surface area (Å²) in [5, 5.41) is 3.57. The number of pyridine rings is 1. The fraction of sp³-hybridized carbons (Fsp3) is 0.136. The largest absolute Gasteiger partial charge is 0.497 e. The summed E-state index contributed by atoms with van der Waals surface area (Å²) in [5.74, 6) is 0.426. The molecule has 28 heavy (non-hydrogen) atoms. The molecule has 2 heterocycles. The Hall–Kier alpha value is -3.25. The van der Waals surface area contributed by atoms with Crippen molar-refractivity contribution in [2.24, 2.45) is 0 Å². The first kappa shape index (κ1) is 18.1. The molecule has 5 nitrogen and oxygen atoms in total. The molecule has 0 amide bonds. The fourth-order valence-electron chi connectivity index (χ4n) is 2.93. The molecule has 6 heteroatoms. The number of hydrogen-bond acceptors (Lipinski definition) is 6. The maximum Gasteiger partial charge on any atom is 0.339 e. The molecule has 0 aliphatic carbocycles. The molecule has 0 aliphatic heterocycles. The van der Waals surface area contributed by atoms with E-state index < -0.39 is 0 Å². The number of ether oxygens (including phenoxy) is 2. The van der Waals surface area contributed by atoms with Crippen molar-refractivity contribution in [3.63, 3.8) is 0 Å². The average molecular weight is 390 g/mol. The van der Waals surface area contributed by atoms with Gasteiger partial charge in [0, 0.05) is 22.0 Å². The predicted molar refractivity (Wildman–Crippen MR) is 110 cm³/mol. The smallest absolute Gasteiger partial charge is 0.339 e. The van der Waals surface area contributed by atoms with Crippen LogP contribution >= 0.6 is 11.3 Å². The lowest BCUT2D eigenvalue weighted by molar-refractivity contribution is 0.0470. The molecule has 0 saturated carbocycles. The second kappa shape index (κ2) is 7.78. The topological polar surface area (TPSA) is 61.3 Å². The third kappa shape index (κ3) is 3.73. The molecule has 0 aliphatic rings. The van der Waals surface area contributed by atoms with Crippen LogP contribution in [0.3, 0.4) is 0 Å². The van der Waals surface area contributed by atoms with Gasteiger partial charge in [-0.2, -0.15) is 0 Å². The van der Waals surface area contributed by atoms with Crippen molar-refractivity contribution in [1.29, 1.82) is 0 Å². The molecule has 0 fully saturated rings. The second-order valence-electron chi connectivity index (χ2n) is 6.28. The highest BCUT2D eigenvalue weighted by atomic mass is 32.1. The zero-order chi connectivity index (χ0) is 19.5. The lowest BCUT2D eigenvalue weighted by Crippen LogP contribution is -2.07. The summed E-state index contributed by atoms with van der Waals surface area (Å²) in [7, 11) is 1.64. The van der Waals surface area contributed by atoms with Gasteiger partial charge in [0.15, 0.2) is 0 Å². The van der Waals surface area contributed by atoms with Crippen LogP contribution in [0.4, 0.5) is 0 Å². The predicted octanol–water partition coefficient (Wildman–Crippen LogP) is 5.03. The van der Waals surface area contributed by atoms with E-state index in [0.29, 0.717) is 5.56 Å². The molecule has 140 valence electrons. The number of rotatable bonds is 5. The molecular weight excluding hydrogens is 372 g/mol. The summed E-state index contributed by atoms with van der Waals surface area (Å²) in [6.07, 6.45) is 0. The molecule has 2 aromatic heterocycles. The summed E-state index contributed by atoms with van der Waals surface area (Å²) < 4.78 is 10.7. The van der Waals surface area contributed by atoms with Gasteiger partial charge in [0.1, 0.15) is 17.4 Å². The first-order valence-corrected chi connectivity index (χ1v) is 9.64. The first-order valence-electron chi connectivity index (χ1n) is 8.76. The van der Waals surface area contributed by atoms with Crippen molar-refractivity contribution in [3.05, 3.63) is 76.9 Å². The third-order valence-electron chi connectivity index (χ3n) is 4.30. The van der Waals surface area contributed by atoms with E-state index in [1.54, 1.807) is 13.2 Å². The zero-order valence-corrected chi connectivity index (χ0v) is 16.3. The first-order chi connectivity index (χ1) is 13.6. The molecule has 0 N–H and O–H groups in total. The van der Waals surface area contributed by atoms with Crippen LogP contribution in [0.1, 0.15) is 21.7 Å². The number of para-hydroxylation sites is 1. The zero-order valence-electron chi connectivity index (χ0n) is 15.5. The molecule has 4 aromatic rings.